The van der Waals surface area contributed by atoms with Gasteiger partial charge in [0, 0.05) is 16.0 Å². The molecule has 1 unspecified atom stereocenters. The molecule has 0 amide bonds. The summed E-state index contributed by atoms with van der Waals surface area (Å²) in [6, 6.07) is 20.7. The maximum atomic E-state index is 4.85. The fourth-order valence-corrected chi connectivity index (χ4v) is 5.91. The van der Waals surface area contributed by atoms with Gasteiger partial charge >= 0.3 is 0 Å². The zero-order valence-electron chi connectivity index (χ0n) is 15.9. The first-order chi connectivity index (χ1) is 14.2. The number of anilines is 1. The minimum atomic E-state index is -0.646. The number of aromatic nitrogens is 1. The average Bonchev–Trinajstić information content (AvgIpc) is 3.49. The number of thioether (sulfide) groups is 1. The van der Waals surface area contributed by atoms with Crippen LogP contribution >= 0.6 is 23.1 Å². The van der Waals surface area contributed by atoms with Crippen molar-refractivity contribution in [2.24, 2.45) is 20.7 Å². The Morgan fingerprint density at radius 2 is 1.55 bits per heavy atom. The molecule has 8 heteroatoms. The third kappa shape index (κ3) is 2.99. The maximum Gasteiger partial charge on any atom is 0.222 e. The lowest BCUT2D eigenvalue weighted by Gasteiger charge is -2.38. The van der Waals surface area contributed by atoms with Gasteiger partial charge in [0.1, 0.15) is 0 Å². The molecule has 1 atom stereocenters. The van der Waals surface area contributed by atoms with Crippen LogP contribution < -0.4 is 4.90 Å². The van der Waals surface area contributed by atoms with E-state index < -0.39 is 11.0 Å². The lowest BCUT2D eigenvalue weighted by molar-refractivity contribution is 0.506. The second-order valence-electron chi connectivity index (χ2n) is 6.82. The Morgan fingerprint density at radius 1 is 0.897 bits per heavy atom. The molecular formula is C21H18N6S2. The molecule has 5 rings (SSSR count). The molecule has 3 aromatic rings. The van der Waals surface area contributed by atoms with Crippen molar-refractivity contribution in [3.8, 4) is 0 Å². The molecule has 144 valence electrons. The number of nitrogens with zero attached hydrogens (tertiary/aromatic N) is 6. The van der Waals surface area contributed by atoms with Crippen LogP contribution in [0.3, 0.4) is 0 Å². The van der Waals surface area contributed by atoms with Gasteiger partial charge in [0.05, 0.1) is 5.69 Å². The van der Waals surface area contributed by atoms with Crippen LogP contribution in [0.25, 0.3) is 4.91 Å². The fraction of sp³-hybridized carbons (Fsp3) is 0.190. The van der Waals surface area contributed by atoms with E-state index >= 15 is 0 Å². The smallest absolute Gasteiger partial charge is 0.222 e. The summed E-state index contributed by atoms with van der Waals surface area (Å²) in [4.78, 5) is 8.74. The summed E-state index contributed by atoms with van der Waals surface area (Å²) in [7, 11) is 0. The predicted octanol–water partition coefficient (Wildman–Crippen LogP) is 6.32. The summed E-state index contributed by atoms with van der Waals surface area (Å²) in [6.07, 6.45) is 1.69. The van der Waals surface area contributed by atoms with Crippen molar-refractivity contribution in [3.05, 3.63) is 88.6 Å². The van der Waals surface area contributed by atoms with E-state index in [-0.39, 0.29) is 0 Å². The van der Waals surface area contributed by atoms with E-state index in [1.807, 2.05) is 31.2 Å². The number of rotatable bonds is 4. The van der Waals surface area contributed by atoms with Crippen molar-refractivity contribution >= 4 is 33.1 Å². The van der Waals surface area contributed by atoms with Gasteiger partial charge in [-0.15, -0.1) is 21.6 Å². The zero-order chi connectivity index (χ0) is 19.8. The SMILES string of the molecule is Cc1nc(N2C=C(c3ccccc3)SC2(c2ccccc2)C2N=NN=N2)sc1C. The molecule has 1 aromatic heterocycles. The number of thiazole rings is 1. The van der Waals surface area contributed by atoms with Crippen molar-refractivity contribution in [1.29, 1.82) is 0 Å². The molecule has 0 bridgehead atoms. The Balaban J connectivity index is 1.73. The third-order valence-electron chi connectivity index (χ3n) is 5.05. The van der Waals surface area contributed by atoms with E-state index in [1.54, 1.807) is 23.1 Å². The molecule has 29 heavy (non-hydrogen) atoms. The minimum absolute atomic E-state index is 0.475. The normalized spacial score (nSPS) is 21.2. The number of aryl methyl sites for hydroxylation is 2. The highest BCUT2D eigenvalue weighted by atomic mass is 32.2. The lowest BCUT2D eigenvalue weighted by atomic mass is 10.0. The topological polar surface area (TPSA) is 65.6 Å². The van der Waals surface area contributed by atoms with Gasteiger partial charge < -0.3 is 0 Å². The van der Waals surface area contributed by atoms with E-state index in [4.69, 9.17) is 4.98 Å². The van der Waals surface area contributed by atoms with Gasteiger partial charge in [0.2, 0.25) is 6.17 Å². The minimum Gasteiger partial charge on any atom is -0.299 e. The molecule has 0 aliphatic carbocycles. The first-order valence-electron chi connectivity index (χ1n) is 9.23. The monoisotopic (exact) mass is 418 g/mol. The van der Waals surface area contributed by atoms with Crippen LogP contribution in [0.15, 0.2) is 87.5 Å². The Bertz CT molecular complexity index is 1090. The first-order valence-corrected chi connectivity index (χ1v) is 10.9. The summed E-state index contributed by atoms with van der Waals surface area (Å²) in [5.41, 5.74) is 3.27. The zero-order valence-corrected chi connectivity index (χ0v) is 17.6. The van der Waals surface area contributed by atoms with E-state index in [0.29, 0.717) is 0 Å². The van der Waals surface area contributed by atoms with E-state index in [0.717, 1.165) is 26.9 Å². The Morgan fingerprint density at radius 3 is 2.17 bits per heavy atom. The highest BCUT2D eigenvalue weighted by molar-refractivity contribution is 8.09. The summed E-state index contributed by atoms with van der Waals surface area (Å²) >= 11 is 3.40. The molecule has 0 saturated heterocycles. The molecule has 0 spiro atoms. The van der Waals surface area contributed by atoms with Crippen molar-refractivity contribution in [2.45, 2.75) is 24.9 Å². The number of hydrogen-bond acceptors (Lipinski definition) is 8. The largest absolute Gasteiger partial charge is 0.299 e. The molecule has 0 N–H and O–H groups in total. The van der Waals surface area contributed by atoms with E-state index in [2.05, 4.69) is 75.1 Å². The highest BCUT2D eigenvalue weighted by Gasteiger charge is 2.53. The molecule has 6 nitrogen and oxygen atoms in total. The van der Waals surface area contributed by atoms with Crippen molar-refractivity contribution in [2.75, 3.05) is 4.90 Å². The lowest BCUT2D eigenvalue weighted by Crippen LogP contribution is -2.45. The molecule has 2 aromatic carbocycles. The van der Waals surface area contributed by atoms with Gasteiger partial charge in [-0.2, -0.15) is 0 Å². The van der Waals surface area contributed by atoms with Gasteiger partial charge in [0.15, 0.2) is 10.0 Å². The molecule has 2 aliphatic rings. The first kappa shape index (κ1) is 18.2. The molecule has 0 radical (unpaired) electrons. The average molecular weight is 419 g/mol. The highest BCUT2D eigenvalue weighted by Crippen LogP contribution is 2.58. The van der Waals surface area contributed by atoms with Crippen molar-refractivity contribution < 1.29 is 0 Å². The van der Waals surface area contributed by atoms with Gasteiger partial charge in [-0.1, -0.05) is 72.4 Å². The van der Waals surface area contributed by atoms with Crippen LogP contribution in [-0.2, 0) is 4.87 Å². The van der Waals surface area contributed by atoms with Crippen LogP contribution in [0, 0.1) is 13.8 Å². The van der Waals surface area contributed by atoms with Gasteiger partial charge in [-0.25, -0.2) is 4.98 Å². The van der Waals surface area contributed by atoms with E-state index in [9.17, 15) is 0 Å². The molecule has 0 saturated carbocycles. The van der Waals surface area contributed by atoms with Crippen LogP contribution in [-0.4, -0.2) is 11.1 Å². The Labute approximate surface area is 177 Å². The Kier molecular flexibility index (Phi) is 4.52. The molecular weight excluding hydrogens is 400 g/mol. The summed E-state index contributed by atoms with van der Waals surface area (Å²) in [5, 5.41) is 17.3. The molecule has 0 fully saturated rings. The van der Waals surface area contributed by atoms with Gasteiger partial charge in [0.25, 0.3) is 0 Å². The molecule has 2 aliphatic heterocycles. The summed E-state index contributed by atoms with van der Waals surface area (Å²) in [5.74, 6) is 0. The predicted molar refractivity (Wildman–Crippen MR) is 118 cm³/mol. The summed E-state index contributed by atoms with van der Waals surface area (Å²) in [6.45, 7) is 4.14. The maximum absolute atomic E-state index is 4.85. The van der Waals surface area contributed by atoms with Gasteiger partial charge in [-0.05, 0) is 35.4 Å². The van der Waals surface area contributed by atoms with Crippen LogP contribution in [0.1, 0.15) is 21.7 Å². The standard InChI is InChI=1S/C21H18N6S2/c1-14-15(2)28-20(22-14)27-13-18(16-9-5-3-6-10-16)29-21(27,19-23-25-26-24-19)17-11-7-4-8-12-17/h3-13,19H,1-2H3. The van der Waals surface area contributed by atoms with Crippen molar-refractivity contribution in [3.63, 3.8) is 0 Å². The molecule has 3 heterocycles. The van der Waals surface area contributed by atoms with Crippen LogP contribution in [0.4, 0.5) is 5.13 Å². The third-order valence-corrected chi connectivity index (χ3v) is 7.64. The van der Waals surface area contributed by atoms with Crippen LogP contribution in [0.2, 0.25) is 0 Å². The van der Waals surface area contributed by atoms with Gasteiger partial charge in [-0.3, -0.25) is 4.90 Å². The second-order valence-corrected chi connectivity index (χ2v) is 9.26. The number of benzene rings is 2. The second kappa shape index (κ2) is 7.20. The van der Waals surface area contributed by atoms with Crippen LogP contribution in [0.5, 0.6) is 0 Å². The fourth-order valence-electron chi connectivity index (χ4n) is 3.47. The van der Waals surface area contributed by atoms with Crippen molar-refractivity contribution in [1.82, 2.24) is 4.98 Å². The van der Waals surface area contributed by atoms with E-state index in [1.165, 1.54) is 4.88 Å². The Hall–Kier alpha value is -2.84. The summed E-state index contributed by atoms with van der Waals surface area (Å²) < 4.78 is 0. The number of hydrogen-bond donors (Lipinski definition) is 0. The quantitative estimate of drug-likeness (QED) is 0.498.